The van der Waals surface area contributed by atoms with Gasteiger partial charge in [-0.2, -0.15) is 0 Å². The highest BCUT2D eigenvalue weighted by Crippen LogP contribution is 2.24. The normalized spacial score (nSPS) is 23.3. The largest absolute Gasteiger partial charge is 0.474 e. The molecule has 27 heavy (non-hydrogen) atoms. The van der Waals surface area contributed by atoms with Crippen LogP contribution < -0.4 is 4.74 Å². The Hall–Kier alpha value is -1.66. The van der Waals surface area contributed by atoms with Gasteiger partial charge in [0, 0.05) is 57.3 Å². The van der Waals surface area contributed by atoms with Crippen LogP contribution in [0.1, 0.15) is 55.3 Å². The first-order valence-electron chi connectivity index (χ1n) is 10.5. The minimum Gasteiger partial charge on any atom is -0.474 e. The lowest BCUT2D eigenvalue weighted by atomic mass is 10.1. The van der Waals surface area contributed by atoms with Crippen LogP contribution in [0.4, 0.5) is 0 Å². The van der Waals surface area contributed by atoms with Gasteiger partial charge in [0.05, 0.1) is 18.8 Å². The van der Waals surface area contributed by atoms with Gasteiger partial charge in [-0.15, -0.1) is 0 Å². The summed E-state index contributed by atoms with van der Waals surface area (Å²) < 4.78 is 11.3. The molecular weight excluding hydrogens is 342 g/mol. The van der Waals surface area contributed by atoms with Crippen molar-refractivity contribution in [2.75, 3.05) is 39.4 Å². The summed E-state index contributed by atoms with van der Waals surface area (Å²) in [6, 6.07) is 4.41. The minimum absolute atomic E-state index is 0.0911. The maximum Gasteiger partial charge on any atom is 0.255 e. The van der Waals surface area contributed by atoms with Crippen molar-refractivity contribution in [3.05, 3.63) is 23.9 Å². The average molecular weight is 373 g/mol. The Bertz CT molecular complexity index is 610. The van der Waals surface area contributed by atoms with Gasteiger partial charge < -0.3 is 14.4 Å². The topological polar surface area (TPSA) is 54.9 Å². The summed E-state index contributed by atoms with van der Waals surface area (Å²) in [5.41, 5.74) is 0.656. The van der Waals surface area contributed by atoms with Crippen molar-refractivity contribution in [3.8, 4) is 5.88 Å². The molecule has 2 aliphatic heterocycles. The molecular formula is C21H31N3O3. The highest BCUT2D eigenvalue weighted by Gasteiger charge is 2.26. The molecule has 0 spiro atoms. The van der Waals surface area contributed by atoms with Crippen molar-refractivity contribution in [1.29, 1.82) is 0 Å². The molecule has 6 nitrogen and oxygen atoms in total. The van der Waals surface area contributed by atoms with Gasteiger partial charge in [-0.25, -0.2) is 4.98 Å². The standard InChI is InChI=1S/C21H31N3O3/c25-21(24-11-3-10-23(12-13-24)18-4-1-2-5-18)17-6-7-20(22-16-17)27-19-8-14-26-15-9-19/h6-7,16,18-19H,1-5,8-15H2. The fourth-order valence-corrected chi connectivity index (χ4v) is 4.50. The van der Waals surface area contributed by atoms with E-state index >= 15 is 0 Å². The quantitative estimate of drug-likeness (QED) is 0.812. The molecule has 0 unspecified atom stereocenters. The molecule has 4 rings (SSSR count). The van der Waals surface area contributed by atoms with E-state index in [1.54, 1.807) is 6.20 Å². The van der Waals surface area contributed by atoms with Gasteiger partial charge in [-0.3, -0.25) is 9.69 Å². The van der Waals surface area contributed by atoms with Crippen LogP contribution in [0.15, 0.2) is 18.3 Å². The summed E-state index contributed by atoms with van der Waals surface area (Å²) in [4.78, 5) is 21.9. The maximum absolute atomic E-state index is 12.9. The highest BCUT2D eigenvalue weighted by atomic mass is 16.5. The number of carbonyl (C=O) groups is 1. The summed E-state index contributed by atoms with van der Waals surface area (Å²) in [5, 5.41) is 0. The Labute approximate surface area is 161 Å². The average Bonchev–Trinajstić information content (AvgIpc) is 3.14. The molecule has 0 aromatic carbocycles. The third kappa shape index (κ3) is 4.79. The second kappa shape index (κ2) is 9.02. The summed E-state index contributed by atoms with van der Waals surface area (Å²) >= 11 is 0. The predicted molar refractivity (Wildman–Crippen MR) is 103 cm³/mol. The molecule has 3 aliphatic rings. The van der Waals surface area contributed by atoms with Crippen LogP contribution in [-0.2, 0) is 4.74 Å². The van der Waals surface area contributed by atoms with Crippen LogP contribution in [0.3, 0.4) is 0 Å². The first kappa shape index (κ1) is 18.7. The molecule has 0 bridgehead atoms. The maximum atomic E-state index is 12.9. The van der Waals surface area contributed by atoms with Gasteiger partial charge in [0.15, 0.2) is 0 Å². The lowest BCUT2D eigenvalue weighted by Gasteiger charge is -2.27. The van der Waals surface area contributed by atoms with Crippen molar-refractivity contribution in [1.82, 2.24) is 14.8 Å². The molecule has 1 aromatic heterocycles. The molecule has 0 N–H and O–H groups in total. The first-order valence-corrected chi connectivity index (χ1v) is 10.5. The number of carbonyl (C=O) groups excluding carboxylic acids is 1. The number of nitrogens with zero attached hydrogens (tertiary/aromatic N) is 3. The molecule has 1 amide bonds. The van der Waals surface area contributed by atoms with Crippen LogP contribution in [0, 0.1) is 0 Å². The van der Waals surface area contributed by atoms with Crippen LogP contribution in [0.5, 0.6) is 5.88 Å². The second-order valence-corrected chi connectivity index (χ2v) is 7.93. The van der Waals surface area contributed by atoms with Gasteiger partial charge in [-0.05, 0) is 25.3 Å². The number of pyridine rings is 1. The first-order chi connectivity index (χ1) is 13.3. The number of amides is 1. The Morgan fingerprint density at radius 2 is 1.81 bits per heavy atom. The molecule has 3 heterocycles. The van der Waals surface area contributed by atoms with Crippen molar-refractivity contribution < 1.29 is 14.3 Å². The van der Waals surface area contributed by atoms with Gasteiger partial charge in [-0.1, -0.05) is 12.8 Å². The lowest BCUT2D eigenvalue weighted by molar-refractivity contribution is 0.0237. The summed E-state index contributed by atoms with van der Waals surface area (Å²) in [6.45, 7) is 5.25. The molecule has 2 saturated heterocycles. The number of aromatic nitrogens is 1. The lowest BCUT2D eigenvalue weighted by Crippen LogP contribution is -2.38. The monoisotopic (exact) mass is 373 g/mol. The minimum atomic E-state index is 0.0911. The molecule has 148 valence electrons. The van der Waals surface area contributed by atoms with E-state index in [1.165, 1.54) is 25.7 Å². The SMILES string of the molecule is O=C(c1ccc(OC2CCOCC2)nc1)N1CCCN(C2CCCC2)CC1. The highest BCUT2D eigenvalue weighted by molar-refractivity contribution is 5.94. The van der Waals surface area contributed by atoms with E-state index in [2.05, 4.69) is 9.88 Å². The van der Waals surface area contributed by atoms with Crippen LogP contribution in [-0.4, -0.2) is 72.2 Å². The van der Waals surface area contributed by atoms with Crippen LogP contribution in [0.25, 0.3) is 0 Å². The van der Waals surface area contributed by atoms with E-state index in [-0.39, 0.29) is 12.0 Å². The van der Waals surface area contributed by atoms with E-state index < -0.39 is 0 Å². The van der Waals surface area contributed by atoms with Crippen molar-refractivity contribution >= 4 is 5.91 Å². The third-order valence-electron chi connectivity index (χ3n) is 6.10. The number of rotatable bonds is 4. The van der Waals surface area contributed by atoms with E-state index in [9.17, 15) is 4.79 Å². The predicted octanol–water partition coefficient (Wildman–Crippen LogP) is 2.73. The van der Waals surface area contributed by atoms with E-state index in [4.69, 9.17) is 9.47 Å². The summed E-state index contributed by atoms with van der Waals surface area (Å²) in [6.07, 6.45) is 10.0. The fraction of sp³-hybridized carbons (Fsp3) is 0.714. The number of ether oxygens (including phenoxy) is 2. The Morgan fingerprint density at radius 1 is 1.00 bits per heavy atom. The van der Waals surface area contributed by atoms with Crippen LogP contribution >= 0.6 is 0 Å². The van der Waals surface area contributed by atoms with E-state index in [0.717, 1.165) is 64.7 Å². The van der Waals surface area contributed by atoms with E-state index in [1.807, 2.05) is 17.0 Å². The molecule has 3 fully saturated rings. The molecule has 1 aromatic rings. The van der Waals surface area contributed by atoms with Gasteiger partial charge in [0.2, 0.25) is 5.88 Å². The van der Waals surface area contributed by atoms with Crippen molar-refractivity contribution in [3.63, 3.8) is 0 Å². The molecule has 0 radical (unpaired) electrons. The zero-order valence-electron chi connectivity index (χ0n) is 16.1. The summed E-state index contributed by atoms with van der Waals surface area (Å²) in [5.74, 6) is 0.690. The molecule has 0 atom stereocenters. The zero-order chi connectivity index (χ0) is 18.5. The Balaban J connectivity index is 1.31. The molecule has 1 saturated carbocycles. The van der Waals surface area contributed by atoms with Gasteiger partial charge in [0.1, 0.15) is 6.10 Å². The Kier molecular flexibility index (Phi) is 6.24. The second-order valence-electron chi connectivity index (χ2n) is 7.93. The Morgan fingerprint density at radius 3 is 2.56 bits per heavy atom. The van der Waals surface area contributed by atoms with Crippen molar-refractivity contribution in [2.24, 2.45) is 0 Å². The number of hydrogen-bond acceptors (Lipinski definition) is 5. The van der Waals surface area contributed by atoms with E-state index in [0.29, 0.717) is 11.4 Å². The fourth-order valence-electron chi connectivity index (χ4n) is 4.50. The van der Waals surface area contributed by atoms with Crippen LogP contribution in [0.2, 0.25) is 0 Å². The van der Waals surface area contributed by atoms with Gasteiger partial charge >= 0.3 is 0 Å². The molecule has 1 aliphatic carbocycles. The third-order valence-corrected chi connectivity index (χ3v) is 6.10. The van der Waals surface area contributed by atoms with Gasteiger partial charge in [0.25, 0.3) is 5.91 Å². The molecule has 6 heteroatoms. The van der Waals surface area contributed by atoms with Crippen molar-refractivity contribution in [2.45, 2.75) is 57.1 Å². The number of hydrogen-bond donors (Lipinski definition) is 0. The smallest absolute Gasteiger partial charge is 0.255 e. The zero-order valence-corrected chi connectivity index (χ0v) is 16.1. The summed E-state index contributed by atoms with van der Waals surface area (Å²) in [7, 11) is 0.